The van der Waals surface area contributed by atoms with Gasteiger partial charge >= 0.3 is 0 Å². The molecule has 1 atom stereocenters. The van der Waals surface area contributed by atoms with Gasteiger partial charge in [0, 0.05) is 18.8 Å². The molecule has 0 aromatic rings. The summed E-state index contributed by atoms with van der Waals surface area (Å²) in [7, 11) is 0. The lowest BCUT2D eigenvalue weighted by Crippen LogP contribution is -2.09. The SMILES string of the molecule is CCCC[N+]1=CC(C)CC1. The third-order valence-corrected chi connectivity index (χ3v) is 2.14. The molecule has 0 fully saturated rings. The van der Waals surface area contributed by atoms with Crippen LogP contribution in [-0.4, -0.2) is 23.9 Å². The van der Waals surface area contributed by atoms with Crippen LogP contribution in [0.5, 0.6) is 0 Å². The molecule has 1 heterocycles. The van der Waals surface area contributed by atoms with Crippen molar-refractivity contribution in [2.75, 3.05) is 13.1 Å². The van der Waals surface area contributed by atoms with Gasteiger partial charge in [0.1, 0.15) is 19.3 Å². The fourth-order valence-corrected chi connectivity index (χ4v) is 1.43. The van der Waals surface area contributed by atoms with Gasteiger partial charge in [-0.25, -0.2) is 4.58 Å². The van der Waals surface area contributed by atoms with Crippen molar-refractivity contribution >= 4 is 6.21 Å². The van der Waals surface area contributed by atoms with E-state index in [0.717, 1.165) is 5.92 Å². The van der Waals surface area contributed by atoms with Crippen molar-refractivity contribution in [3.8, 4) is 0 Å². The van der Waals surface area contributed by atoms with Crippen LogP contribution in [0.4, 0.5) is 0 Å². The van der Waals surface area contributed by atoms with Crippen molar-refractivity contribution in [2.45, 2.75) is 33.1 Å². The Kier molecular flexibility index (Phi) is 2.91. The molecule has 0 amide bonds. The molecule has 0 saturated carbocycles. The zero-order chi connectivity index (χ0) is 7.40. The van der Waals surface area contributed by atoms with Crippen LogP contribution in [0.25, 0.3) is 0 Å². The molecular formula is C9H18N+. The summed E-state index contributed by atoms with van der Waals surface area (Å²) < 4.78 is 2.47. The Morgan fingerprint density at radius 1 is 1.60 bits per heavy atom. The fraction of sp³-hybridized carbons (Fsp3) is 0.889. The molecule has 0 aliphatic carbocycles. The Labute approximate surface area is 63.8 Å². The van der Waals surface area contributed by atoms with Gasteiger partial charge in [0.15, 0.2) is 0 Å². The number of rotatable bonds is 3. The van der Waals surface area contributed by atoms with E-state index in [1.165, 1.54) is 32.4 Å². The van der Waals surface area contributed by atoms with Gasteiger partial charge < -0.3 is 0 Å². The van der Waals surface area contributed by atoms with Gasteiger partial charge in [0.2, 0.25) is 0 Å². The Morgan fingerprint density at radius 3 is 2.90 bits per heavy atom. The maximum absolute atomic E-state index is 2.47. The lowest BCUT2D eigenvalue weighted by Gasteiger charge is -1.93. The van der Waals surface area contributed by atoms with E-state index in [4.69, 9.17) is 0 Å². The molecule has 1 nitrogen and oxygen atoms in total. The largest absolute Gasteiger partial charge is 0.239 e. The Hall–Kier alpha value is -0.330. The summed E-state index contributed by atoms with van der Waals surface area (Å²) in [5, 5.41) is 0. The Morgan fingerprint density at radius 2 is 2.40 bits per heavy atom. The molecule has 1 rings (SSSR count). The molecule has 0 aromatic carbocycles. The summed E-state index contributed by atoms with van der Waals surface area (Å²) in [5.41, 5.74) is 0. The smallest absolute Gasteiger partial charge is 0.143 e. The van der Waals surface area contributed by atoms with E-state index in [1.807, 2.05) is 0 Å². The molecule has 1 unspecified atom stereocenters. The molecular weight excluding hydrogens is 122 g/mol. The summed E-state index contributed by atoms with van der Waals surface area (Å²) in [6.07, 6.45) is 6.42. The van der Waals surface area contributed by atoms with Gasteiger partial charge in [-0.15, -0.1) is 0 Å². The van der Waals surface area contributed by atoms with E-state index in [-0.39, 0.29) is 0 Å². The van der Waals surface area contributed by atoms with Crippen molar-refractivity contribution < 1.29 is 4.58 Å². The van der Waals surface area contributed by atoms with Crippen LogP contribution in [0.2, 0.25) is 0 Å². The van der Waals surface area contributed by atoms with Crippen LogP contribution in [0.15, 0.2) is 0 Å². The predicted octanol–water partition coefficient (Wildman–Crippen LogP) is 1.91. The third kappa shape index (κ3) is 2.13. The average molecular weight is 140 g/mol. The Balaban J connectivity index is 2.22. The van der Waals surface area contributed by atoms with Crippen LogP contribution in [0.3, 0.4) is 0 Å². The highest BCUT2D eigenvalue weighted by molar-refractivity contribution is 5.55. The molecule has 10 heavy (non-hydrogen) atoms. The van der Waals surface area contributed by atoms with Crippen molar-refractivity contribution in [3.63, 3.8) is 0 Å². The molecule has 1 aliphatic heterocycles. The fourth-order valence-electron chi connectivity index (χ4n) is 1.43. The van der Waals surface area contributed by atoms with E-state index < -0.39 is 0 Å². The minimum absolute atomic E-state index is 0.830. The van der Waals surface area contributed by atoms with Gasteiger partial charge in [-0.2, -0.15) is 0 Å². The maximum Gasteiger partial charge on any atom is 0.143 e. The van der Waals surface area contributed by atoms with E-state index in [2.05, 4.69) is 24.6 Å². The average Bonchev–Trinajstić information content (AvgIpc) is 2.31. The first-order valence-electron chi connectivity index (χ1n) is 4.42. The molecule has 1 aliphatic rings. The van der Waals surface area contributed by atoms with E-state index >= 15 is 0 Å². The highest BCUT2D eigenvalue weighted by Gasteiger charge is 2.16. The monoisotopic (exact) mass is 140 g/mol. The lowest BCUT2D eigenvalue weighted by molar-refractivity contribution is -0.516. The maximum atomic E-state index is 2.47. The van der Waals surface area contributed by atoms with Gasteiger partial charge in [-0.1, -0.05) is 20.3 Å². The van der Waals surface area contributed by atoms with Crippen LogP contribution >= 0.6 is 0 Å². The summed E-state index contributed by atoms with van der Waals surface area (Å²) in [6.45, 7) is 7.12. The second-order valence-corrected chi connectivity index (χ2v) is 3.30. The first-order chi connectivity index (χ1) is 4.83. The van der Waals surface area contributed by atoms with Crippen molar-refractivity contribution in [1.82, 2.24) is 0 Å². The van der Waals surface area contributed by atoms with Crippen LogP contribution in [0.1, 0.15) is 33.1 Å². The lowest BCUT2D eigenvalue weighted by atomic mass is 10.2. The van der Waals surface area contributed by atoms with Crippen LogP contribution in [-0.2, 0) is 0 Å². The van der Waals surface area contributed by atoms with Crippen LogP contribution in [0, 0.1) is 5.92 Å². The number of hydrogen-bond acceptors (Lipinski definition) is 0. The molecule has 58 valence electrons. The third-order valence-electron chi connectivity index (χ3n) is 2.14. The number of nitrogens with zero attached hydrogens (tertiary/aromatic N) is 1. The molecule has 0 bridgehead atoms. The molecule has 0 saturated heterocycles. The van der Waals surface area contributed by atoms with Gasteiger partial charge in [-0.05, 0) is 0 Å². The molecule has 0 spiro atoms. The molecule has 0 radical (unpaired) electrons. The predicted molar refractivity (Wildman–Crippen MR) is 44.7 cm³/mol. The molecule has 0 aromatic heterocycles. The second kappa shape index (κ2) is 3.75. The van der Waals surface area contributed by atoms with Gasteiger partial charge in [-0.3, -0.25) is 0 Å². The van der Waals surface area contributed by atoms with Crippen molar-refractivity contribution in [1.29, 1.82) is 0 Å². The first kappa shape index (κ1) is 7.77. The second-order valence-electron chi connectivity index (χ2n) is 3.30. The summed E-state index contributed by atoms with van der Waals surface area (Å²) >= 11 is 0. The number of unbranched alkanes of at least 4 members (excludes halogenated alkanes) is 1. The standard InChI is InChI=1S/C9H18N/c1-3-4-6-10-7-5-9(2)8-10/h8-9H,3-7H2,1-2H3/q+1. The minimum atomic E-state index is 0.830. The van der Waals surface area contributed by atoms with Crippen molar-refractivity contribution in [3.05, 3.63) is 0 Å². The zero-order valence-corrected chi connectivity index (χ0v) is 7.14. The quantitative estimate of drug-likeness (QED) is 0.527. The summed E-state index contributed by atoms with van der Waals surface area (Å²) in [5.74, 6) is 0.830. The zero-order valence-electron chi connectivity index (χ0n) is 7.14. The molecule has 0 N–H and O–H groups in total. The van der Waals surface area contributed by atoms with E-state index in [1.54, 1.807) is 0 Å². The van der Waals surface area contributed by atoms with Gasteiger partial charge in [0.05, 0.1) is 0 Å². The van der Waals surface area contributed by atoms with E-state index in [9.17, 15) is 0 Å². The van der Waals surface area contributed by atoms with Gasteiger partial charge in [0.25, 0.3) is 0 Å². The minimum Gasteiger partial charge on any atom is -0.239 e. The number of hydrogen-bond donors (Lipinski definition) is 0. The van der Waals surface area contributed by atoms with Crippen molar-refractivity contribution in [2.24, 2.45) is 5.92 Å². The highest BCUT2D eigenvalue weighted by atomic mass is 15.0. The summed E-state index contributed by atoms with van der Waals surface area (Å²) in [4.78, 5) is 0. The topological polar surface area (TPSA) is 3.01 Å². The highest BCUT2D eigenvalue weighted by Crippen LogP contribution is 2.06. The van der Waals surface area contributed by atoms with Crippen LogP contribution < -0.4 is 0 Å². The molecule has 1 heteroatoms. The van der Waals surface area contributed by atoms with E-state index in [0.29, 0.717) is 0 Å². The normalized spacial score (nSPS) is 25.0. The Bertz CT molecular complexity index is 127. The summed E-state index contributed by atoms with van der Waals surface area (Å²) in [6, 6.07) is 0. The first-order valence-corrected chi connectivity index (χ1v) is 4.42.